The average Bonchev–Trinajstić information content (AvgIpc) is 2.66. The molecule has 0 unspecified atom stereocenters. The van der Waals surface area contributed by atoms with Crippen molar-refractivity contribution in [1.29, 1.82) is 0 Å². The summed E-state index contributed by atoms with van der Waals surface area (Å²) in [6, 6.07) is 12.5. The maximum atomic E-state index is 6.06. The van der Waals surface area contributed by atoms with Crippen molar-refractivity contribution in [3.05, 3.63) is 53.1 Å². The normalized spacial score (nSPS) is 11.4. The zero-order valence-corrected chi connectivity index (χ0v) is 18.0. The SMILES string of the molecule is CCOc1cc(CCN)ccc1OCCOc1ccc(CC)cc1C(C)(C)C. The van der Waals surface area contributed by atoms with Gasteiger partial charge in [0.25, 0.3) is 0 Å². The molecule has 28 heavy (non-hydrogen) atoms. The van der Waals surface area contributed by atoms with Gasteiger partial charge >= 0.3 is 0 Å². The second kappa shape index (κ2) is 10.4. The molecule has 0 bridgehead atoms. The van der Waals surface area contributed by atoms with Crippen LogP contribution in [0, 0.1) is 0 Å². The van der Waals surface area contributed by atoms with Gasteiger partial charge in [0.15, 0.2) is 11.5 Å². The van der Waals surface area contributed by atoms with E-state index >= 15 is 0 Å². The highest BCUT2D eigenvalue weighted by Gasteiger charge is 2.19. The van der Waals surface area contributed by atoms with E-state index in [4.69, 9.17) is 19.9 Å². The summed E-state index contributed by atoms with van der Waals surface area (Å²) < 4.78 is 17.7. The van der Waals surface area contributed by atoms with E-state index in [1.807, 2.05) is 25.1 Å². The van der Waals surface area contributed by atoms with E-state index in [2.05, 4.69) is 45.9 Å². The minimum absolute atomic E-state index is 0.0301. The van der Waals surface area contributed by atoms with Gasteiger partial charge in [-0.15, -0.1) is 0 Å². The van der Waals surface area contributed by atoms with Gasteiger partial charge in [0, 0.05) is 0 Å². The van der Waals surface area contributed by atoms with Crippen molar-refractivity contribution < 1.29 is 14.2 Å². The number of aryl methyl sites for hydroxylation is 1. The third-order valence-electron chi connectivity index (χ3n) is 4.60. The molecule has 0 saturated carbocycles. The van der Waals surface area contributed by atoms with Gasteiger partial charge in [0.2, 0.25) is 0 Å². The predicted octanol–water partition coefficient (Wildman–Crippen LogP) is 4.90. The predicted molar refractivity (Wildman–Crippen MR) is 116 cm³/mol. The van der Waals surface area contributed by atoms with Crippen LogP contribution in [0.4, 0.5) is 0 Å². The number of benzene rings is 2. The summed E-state index contributed by atoms with van der Waals surface area (Å²) in [6.07, 6.45) is 1.85. The smallest absolute Gasteiger partial charge is 0.161 e. The molecule has 154 valence electrons. The van der Waals surface area contributed by atoms with Crippen LogP contribution in [0.1, 0.15) is 51.3 Å². The molecule has 0 fully saturated rings. The van der Waals surface area contributed by atoms with Crippen molar-refractivity contribution in [2.75, 3.05) is 26.4 Å². The molecule has 2 aromatic rings. The molecular formula is C24H35NO3. The highest BCUT2D eigenvalue weighted by atomic mass is 16.5. The summed E-state index contributed by atoms with van der Waals surface area (Å²) >= 11 is 0. The Labute approximate surface area is 170 Å². The van der Waals surface area contributed by atoms with Gasteiger partial charge in [0.1, 0.15) is 19.0 Å². The molecular weight excluding hydrogens is 350 g/mol. The highest BCUT2D eigenvalue weighted by Crippen LogP contribution is 2.33. The highest BCUT2D eigenvalue weighted by molar-refractivity contribution is 5.43. The van der Waals surface area contributed by atoms with Gasteiger partial charge in [0.05, 0.1) is 6.61 Å². The zero-order valence-electron chi connectivity index (χ0n) is 18.0. The summed E-state index contributed by atoms with van der Waals surface area (Å²) in [5.41, 5.74) is 9.39. The van der Waals surface area contributed by atoms with E-state index in [9.17, 15) is 0 Å². The average molecular weight is 386 g/mol. The van der Waals surface area contributed by atoms with Crippen LogP contribution in [-0.2, 0) is 18.3 Å². The third-order valence-corrected chi connectivity index (χ3v) is 4.60. The van der Waals surface area contributed by atoms with Gasteiger partial charge < -0.3 is 19.9 Å². The van der Waals surface area contributed by atoms with Crippen molar-refractivity contribution in [2.45, 2.75) is 52.9 Å². The second-order valence-electron chi connectivity index (χ2n) is 7.88. The van der Waals surface area contributed by atoms with Crippen molar-refractivity contribution in [1.82, 2.24) is 0 Å². The number of hydrogen-bond acceptors (Lipinski definition) is 4. The summed E-state index contributed by atoms with van der Waals surface area (Å²) in [5.74, 6) is 2.43. The van der Waals surface area contributed by atoms with Crippen LogP contribution < -0.4 is 19.9 Å². The molecule has 0 spiro atoms. The van der Waals surface area contributed by atoms with Crippen LogP contribution in [-0.4, -0.2) is 26.4 Å². The Balaban J connectivity index is 2.01. The molecule has 0 atom stereocenters. The van der Waals surface area contributed by atoms with E-state index in [0.717, 1.165) is 35.7 Å². The number of ether oxygens (including phenoxy) is 3. The lowest BCUT2D eigenvalue weighted by molar-refractivity contribution is 0.206. The van der Waals surface area contributed by atoms with Crippen LogP contribution >= 0.6 is 0 Å². The minimum atomic E-state index is 0.0301. The Morgan fingerprint density at radius 2 is 1.43 bits per heavy atom. The Kier molecular flexibility index (Phi) is 8.18. The molecule has 0 aliphatic heterocycles. The van der Waals surface area contributed by atoms with Crippen LogP contribution in [0.15, 0.2) is 36.4 Å². The molecule has 4 nitrogen and oxygen atoms in total. The summed E-state index contributed by atoms with van der Waals surface area (Å²) in [6.45, 7) is 12.9. The van der Waals surface area contributed by atoms with Gasteiger partial charge in [-0.25, -0.2) is 0 Å². The largest absolute Gasteiger partial charge is 0.490 e. The number of hydrogen-bond donors (Lipinski definition) is 1. The van der Waals surface area contributed by atoms with Crippen LogP contribution in [0.2, 0.25) is 0 Å². The molecule has 0 aliphatic rings. The van der Waals surface area contributed by atoms with Crippen molar-refractivity contribution >= 4 is 0 Å². The molecule has 2 aromatic carbocycles. The van der Waals surface area contributed by atoms with E-state index in [-0.39, 0.29) is 5.41 Å². The van der Waals surface area contributed by atoms with E-state index in [1.165, 1.54) is 11.1 Å². The first kappa shape index (κ1) is 22.1. The lowest BCUT2D eigenvalue weighted by Gasteiger charge is -2.24. The fraction of sp³-hybridized carbons (Fsp3) is 0.500. The van der Waals surface area contributed by atoms with Crippen molar-refractivity contribution in [2.24, 2.45) is 5.73 Å². The van der Waals surface area contributed by atoms with E-state index < -0.39 is 0 Å². The van der Waals surface area contributed by atoms with E-state index in [1.54, 1.807) is 0 Å². The molecule has 0 radical (unpaired) electrons. The summed E-state index contributed by atoms with van der Waals surface area (Å²) in [7, 11) is 0. The standard InChI is InChI=1S/C24H35NO3/c1-6-18-8-10-21(20(16-18)24(3,4)5)27-14-15-28-22-11-9-19(12-13-25)17-23(22)26-7-2/h8-11,16-17H,6-7,12-15,25H2,1-5H3. The van der Waals surface area contributed by atoms with Crippen molar-refractivity contribution in [3.63, 3.8) is 0 Å². The number of nitrogens with two attached hydrogens (primary N) is 1. The van der Waals surface area contributed by atoms with Crippen molar-refractivity contribution in [3.8, 4) is 17.2 Å². The fourth-order valence-corrected chi connectivity index (χ4v) is 3.07. The van der Waals surface area contributed by atoms with Gasteiger partial charge in [-0.05, 0) is 66.6 Å². The summed E-state index contributed by atoms with van der Waals surface area (Å²) in [5, 5.41) is 0. The fourth-order valence-electron chi connectivity index (χ4n) is 3.07. The molecule has 0 aromatic heterocycles. The molecule has 2 rings (SSSR count). The molecule has 0 amide bonds. The topological polar surface area (TPSA) is 53.7 Å². The second-order valence-corrected chi connectivity index (χ2v) is 7.88. The van der Waals surface area contributed by atoms with Crippen LogP contribution in [0.25, 0.3) is 0 Å². The zero-order chi connectivity index (χ0) is 20.6. The van der Waals surface area contributed by atoms with Crippen LogP contribution in [0.5, 0.6) is 17.2 Å². The monoisotopic (exact) mass is 385 g/mol. The Hall–Kier alpha value is -2.20. The molecule has 2 N–H and O–H groups in total. The first-order chi connectivity index (χ1) is 13.4. The Morgan fingerprint density at radius 1 is 0.786 bits per heavy atom. The summed E-state index contributed by atoms with van der Waals surface area (Å²) in [4.78, 5) is 0. The lowest BCUT2D eigenvalue weighted by atomic mass is 9.85. The Bertz CT molecular complexity index is 750. The first-order valence-corrected chi connectivity index (χ1v) is 10.2. The third kappa shape index (κ3) is 6.16. The van der Waals surface area contributed by atoms with Crippen LogP contribution in [0.3, 0.4) is 0 Å². The van der Waals surface area contributed by atoms with Gasteiger partial charge in [-0.3, -0.25) is 0 Å². The van der Waals surface area contributed by atoms with Gasteiger partial charge in [-0.1, -0.05) is 45.9 Å². The number of rotatable bonds is 10. The Morgan fingerprint density at radius 3 is 2.04 bits per heavy atom. The van der Waals surface area contributed by atoms with E-state index in [0.29, 0.717) is 26.4 Å². The quantitative estimate of drug-likeness (QED) is 0.591. The molecule has 0 aliphatic carbocycles. The molecule has 0 saturated heterocycles. The lowest BCUT2D eigenvalue weighted by Crippen LogP contribution is -2.16. The first-order valence-electron chi connectivity index (χ1n) is 10.2. The maximum Gasteiger partial charge on any atom is 0.161 e. The van der Waals surface area contributed by atoms with Gasteiger partial charge in [-0.2, -0.15) is 0 Å². The molecule has 0 heterocycles. The minimum Gasteiger partial charge on any atom is -0.490 e. The maximum absolute atomic E-state index is 6.06. The molecule has 4 heteroatoms.